The average molecular weight is 430 g/mol. The Kier molecular flexibility index (Phi) is 5.57. The molecule has 0 saturated carbocycles. The number of halogens is 1. The maximum absolute atomic E-state index is 12.8. The van der Waals surface area contributed by atoms with Gasteiger partial charge < -0.3 is 14.4 Å². The fraction of sp³-hybridized carbons (Fsp3) is 0.450. The maximum atomic E-state index is 12.8. The lowest BCUT2D eigenvalue weighted by molar-refractivity contribution is 0.388. The van der Waals surface area contributed by atoms with E-state index in [2.05, 4.69) is 24.8 Å². The molecule has 0 radical (unpaired) electrons. The van der Waals surface area contributed by atoms with E-state index < -0.39 is 11.1 Å². The number of anilines is 1. The zero-order valence-electron chi connectivity index (χ0n) is 17.2. The molecule has 3 aromatic heterocycles. The third-order valence-electron chi connectivity index (χ3n) is 5.42. The van der Waals surface area contributed by atoms with Crippen LogP contribution in [0.25, 0.3) is 11.2 Å². The quantitative estimate of drug-likeness (QED) is 0.458. The van der Waals surface area contributed by atoms with Crippen LogP contribution in [-0.2, 0) is 13.6 Å². The van der Waals surface area contributed by atoms with E-state index in [-0.39, 0.29) is 11.2 Å². The van der Waals surface area contributed by atoms with Crippen molar-refractivity contribution in [3.63, 3.8) is 0 Å². The molecule has 1 aliphatic heterocycles. The summed E-state index contributed by atoms with van der Waals surface area (Å²) in [5.41, 5.74) is 0.958. The molecular formula is C20H24ClN7O2. The van der Waals surface area contributed by atoms with E-state index in [1.165, 1.54) is 9.13 Å². The Bertz CT molecular complexity index is 1180. The molecule has 0 spiro atoms. The van der Waals surface area contributed by atoms with Gasteiger partial charge in [0.25, 0.3) is 0 Å². The van der Waals surface area contributed by atoms with Crippen molar-refractivity contribution in [1.29, 1.82) is 0 Å². The minimum Gasteiger partial charge on any atom is -0.341 e. The molecule has 10 heteroatoms. The number of rotatable bonds is 4. The Morgan fingerprint density at radius 1 is 1.10 bits per heavy atom. The Morgan fingerprint density at radius 3 is 2.40 bits per heavy atom. The number of pyridine rings is 1. The van der Waals surface area contributed by atoms with Crippen molar-refractivity contribution in [2.75, 3.05) is 32.1 Å². The second-order valence-electron chi connectivity index (χ2n) is 7.86. The normalized spacial score (nSPS) is 15.3. The third kappa shape index (κ3) is 3.82. The number of fused-ring (bicyclic) bond motifs is 1. The minimum atomic E-state index is -0.567. The molecule has 0 bridgehead atoms. The highest BCUT2D eigenvalue weighted by Gasteiger charge is 2.26. The summed E-state index contributed by atoms with van der Waals surface area (Å²) >= 11 is 6.08. The van der Waals surface area contributed by atoms with Crippen molar-refractivity contribution < 1.29 is 0 Å². The van der Waals surface area contributed by atoms with Gasteiger partial charge in [-0.3, -0.25) is 14.2 Å². The molecule has 1 aliphatic rings. The highest BCUT2D eigenvalue weighted by Crippen LogP contribution is 2.26. The van der Waals surface area contributed by atoms with Crippen LogP contribution in [0.5, 0.6) is 0 Å². The van der Waals surface area contributed by atoms with Gasteiger partial charge in [0.1, 0.15) is 5.15 Å². The van der Waals surface area contributed by atoms with Crippen molar-refractivity contribution in [2.24, 2.45) is 7.05 Å². The minimum absolute atomic E-state index is 0.135. The molecule has 0 aliphatic carbocycles. The SMILES string of the molecule is CN(C)Cc1cnc(N2CCC(n3c(=O)c(=O)n(C)c4ccc(Cl)nc43)CC2)nc1. The van der Waals surface area contributed by atoms with Gasteiger partial charge >= 0.3 is 11.1 Å². The number of hydrogen-bond acceptors (Lipinski definition) is 7. The van der Waals surface area contributed by atoms with Crippen LogP contribution in [0, 0.1) is 0 Å². The summed E-state index contributed by atoms with van der Waals surface area (Å²) in [5, 5.41) is 0.290. The number of hydrogen-bond donors (Lipinski definition) is 0. The summed E-state index contributed by atoms with van der Waals surface area (Å²) < 4.78 is 2.84. The summed E-state index contributed by atoms with van der Waals surface area (Å²) in [4.78, 5) is 42.8. The molecule has 0 atom stereocenters. The molecule has 0 unspecified atom stereocenters. The fourth-order valence-corrected chi connectivity index (χ4v) is 4.07. The van der Waals surface area contributed by atoms with Gasteiger partial charge in [0.15, 0.2) is 5.65 Å². The van der Waals surface area contributed by atoms with E-state index in [1.54, 1.807) is 19.2 Å². The van der Waals surface area contributed by atoms with Crippen LogP contribution in [0.3, 0.4) is 0 Å². The van der Waals surface area contributed by atoms with Gasteiger partial charge in [0.05, 0.1) is 5.52 Å². The average Bonchev–Trinajstić information content (AvgIpc) is 2.73. The van der Waals surface area contributed by atoms with Crippen molar-refractivity contribution in [3.8, 4) is 0 Å². The molecule has 158 valence electrons. The van der Waals surface area contributed by atoms with E-state index in [1.807, 2.05) is 26.5 Å². The van der Waals surface area contributed by atoms with Crippen molar-refractivity contribution in [3.05, 3.63) is 56.0 Å². The molecule has 1 fully saturated rings. The lowest BCUT2D eigenvalue weighted by atomic mass is 10.0. The number of piperidine rings is 1. The second kappa shape index (κ2) is 8.16. The van der Waals surface area contributed by atoms with E-state index >= 15 is 0 Å². The summed E-state index contributed by atoms with van der Waals surface area (Å²) in [6.07, 6.45) is 5.05. The van der Waals surface area contributed by atoms with E-state index in [0.717, 1.165) is 12.1 Å². The number of nitrogens with zero attached hydrogens (tertiary/aromatic N) is 7. The van der Waals surface area contributed by atoms with E-state index in [4.69, 9.17) is 11.6 Å². The van der Waals surface area contributed by atoms with Crippen LogP contribution in [0.4, 0.5) is 5.95 Å². The number of aryl methyl sites for hydroxylation is 1. The summed E-state index contributed by atoms with van der Waals surface area (Å²) in [6.45, 7) is 2.15. The zero-order chi connectivity index (χ0) is 21.4. The van der Waals surface area contributed by atoms with Crippen LogP contribution in [0.2, 0.25) is 5.15 Å². The van der Waals surface area contributed by atoms with Crippen LogP contribution >= 0.6 is 11.6 Å². The summed E-state index contributed by atoms with van der Waals surface area (Å²) in [7, 11) is 5.58. The first-order valence-corrected chi connectivity index (χ1v) is 10.2. The topological polar surface area (TPSA) is 89.2 Å². The molecular weight excluding hydrogens is 406 g/mol. The first-order chi connectivity index (χ1) is 14.3. The lowest BCUT2D eigenvalue weighted by Crippen LogP contribution is -2.45. The monoisotopic (exact) mass is 429 g/mol. The molecule has 3 aromatic rings. The van der Waals surface area contributed by atoms with Crippen LogP contribution in [0.15, 0.2) is 34.1 Å². The predicted molar refractivity (Wildman–Crippen MR) is 116 cm³/mol. The van der Waals surface area contributed by atoms with Gasteiger partial charge in [-0.25, -0.2) is 15.0 Å². The molecule has 4 rings (SSSR count). The van der Waals surface area contributed by atoms with Gasteiger partial charge in [0, 0.05) is 50.7 Å². The van der Waals surface area contributed by atoms with Crippen molar-refractivity contribution in [2.45, 2.75) is 25.4 Å². The largest absolute Gasteiger partial charge is 0.341 e. The first kappa shape index (κ1) is 20.5. The fourth-order valence-electron chi connectivity index (χ4n) is 3.93. The third-order valence-corrected chi connectivity index (χ3v) is 5.63. The summed E-state index contributed by atoms with van der Waals surface area (Å²) in [6, 6.07) is 3.21. The second-order valence-corrected chi connectivity index (χ2v) is 8.25. The maximum Gasteiger partial charge on any atom is 0.318 e. The molecule has 30 heavy (non-hydrogen) atoms. The highest BCUT2D eigenvalue weighted by molar-refractivity contribution is 6.29. The molecule has 4 heterocycles. The Morgan fingerprint density at radius 2 is 1.77 bits per heavy atom. The summed E-state index contributed by atoms with van der Waals surface area (Å²) in [5.74, 6) is 0.679. The van der Waals surface area contributed by atoms with Gasteiger partial charge in [0.2, 0.25) is 5.95 Å². The zero-order valence-corrected chi connectivity index (χ0v) is 18.0. The highest BCUT2D eigenvalue weighted by atomic mass is 35.5. The predicted octanol–water partition coefficient (Wildman–Crippen LogP) is 1.44. The van der Waals surface area contributed by atoms with E-state index in [0.29, 0.717) is 43.0 Å². The lowest BCUT2D eigenvalue weighted by Gasteiger charge is -2.33. The smallest absolute Gasteiger partial charge is 0.318 e. The standard InChI is InChI=1S/C20H24ClN7O2/c1-25(2)12-13-10-22-20(23-11-13)27-8-6-14(7-9-27)28-17-15(4-5-16(21)24-17)26(3)18(29)19(28)30/h4-5,10-11,14H,6-9,12H2,1-3H3. The molecule has 0 amide bonds. The Balaban J connectivity index is 1.59. The van der Waals surface area contributed by atoms with Gasteiger partial charge in [-0.1, -0.05) is 11.6 Å². The van der Waals surface area contributed by atoms with Gasteiger partial charge in [-0.15, -0.1) is 0 Å². The Hall–Kier alpha value is -2.78. The molecule has 0 N–H and O–H groups in total. The molecule has 9 nitrogen and oxygen atoms in total. The van der Waals surface area contributed by atoms with Gasteiger partial charge in [-0.05, 0) is 39.1 Å². The van der Waals surface area contributed by atoms with Crippen LogP contribution in [-0.4, -0.2) is 56.2 Å². The van der Waals surface area contributed by atoms with Crippen molar-refractivity contribution >= 4 is 28.7 Å². The Labute approximate surface area is 178 Å². The van der Waals surface area contributed by atoms with Crippen LogP contribution < -0.4 is 16.0 Å². The van der Waals surface area contributed by atoms with Crippen LogP contribution in [0.1, 0.15) is 24.4 Å². The van der Waals surface area contributed by atoms with Crippen molar-refractivity contribution in [1.82, 2.24) is 29.0 Å². The first-order valence-electron chi connectivity index (χ1n) is 9.83. The van der Waals surface area contributed by atoms with E-state index in [9.17, 15) is 9.59 Å². The number of aromatic nitrogens is 5. The van der Waals surface area contributed by atoms with Gasteiger partial charge in [-0.2, -0.15) is 0 Å². The molecule has 1 saturated heterocycles. The molecule has 0 aromatic carbocycles.